The lowest BCUT2D eigenvalue weighted by molar-refractivity contribution is -0.150. The van der Waals surface area contributed by atoms with E-state index in [2.05, 4.69) is 61.6 Å². The third-order valence-electron chi connectivity index (χ3n) is 16.0. The van der Waals surface area contributed by atoms with Crippen LogP contribution in [0.2, 0.25) is 0 Å². The number of aliphatic hydroxyl groups is 3. The topological polar surface area (TPSA) is 152 Å². The van der Waals surface area contributed by atoms with Gasteiger partial charge in [0, 0.05) is 30.3 Å². The highest BCUT2D eigenvalue weighted by molar-refractivity contribution is 5.71. The van der Waals surface area contributed by atoms with Gasteiger partial charge in [-0.1, -0.05) is 103 Å². The number of aromatic nitrogens is 1. The van der Waals surface area contributed by atoms with Crippen LogP contribution in [0.3, 0.4) is 0 Å². The van der Waals surface area contributed by atoms with E-state index in [9.17, 15) is 25.2 Å². The van der Waals surface area contributed by atoms with E-state index in [0.29, 0.717) is 49.4 Å². The molecular weight excluding hydrogens is 723 g/mol. The van der Waals surface area contributed by atoms with Gasteiger partial charge in [0.25, 0.3) is 0 Å². The Labute approximate surface area is 351 Å². The zero-order chi connectivity index (χ0) is 41.2. The average Bonchev–Trinajstić information content (AvgIpc) is 3.81. The van der Waals surface area contributed by atoms with Crippen LogP contribution in [-0.4, -0.2) is 55.7 Å². The standard InChI is InChI=1S/C50H81N3O5/c1-4-5-7-12-35-17-18-39(46(55)28-35)15-10-11-16-40-19-20-42(44-30-41(32-53-44)34(3)25-33(2)38-13-8-6-9-14-38)43-27-37(26-36-22-24-52-47(51)29-36)31-50(43,58)23-21-45(54)48(40)49(56)57/h17-18,22,29-30,32-35,37-40,42-43,45-46,48,52-55,58H,4-16,19-21,23-28,31,51H2,1-3H3,(H,56,57). The van der Waals surface area contributed by atoms with Crippen LogP contribution in [0.25, 0.3) is 0 Å². The Kier molecular flexibility index (Phi) is 16.5. The van der Waals surface area contributed by atoms with Crippen molar-refractivity contribution < 1.29 is 25.2 Å². The number of aliphatic hydroxyl groups excluding tert-OH is 2. The van der Waals surface area contributed by atoms with Crippen molar-refractivity contribution in [3.8, 4) is 0 Å². The molecule has 58 heavy (non-hydrogen) atoms. The summed E-state index contributed by atoms with van der Waals surface area (Å²) in [6.07, 6.45) is 31.4. The van der Waals surface area contributed by atoms with Crippen LogP contribution in [-0.2, 0) is 4.79 Å². The molecule has 2 heterocycles. The van der Waals surface area contributed by atoms with Crippen LogP contribution in [0, 0.1) is 47.3 Å². The fraction of sp³-hybridized carbons (Fsp3) is 0.780. The normalized spacial score (nSPS) is 34.7. The Hall–Kier alpha value is -2.55. The number of nitrogens with one attached hydrogen (secondary N) is 2. The number of carboxylic acid groups (broad SMARTS) is 1. The number of unbranched alkanes of at least 4 members (excludes halogenated alkanes) is 3. The fourth-order valence-corrected chi connectivity index (χ4v) is 12.6. The molecule has 0 amide bonds. The minimum atomic E-state index is -1.01. The zero-order valence-corrected chi connectivity index (χ0v) is 36.4. The highest BCUT2D eigenvalue weighted by atomic mass is 16.4. The van der Waals surface area contributed by atoms with Crippen molar-refractivity contribution in [1.82, 2.24) is 10.3 Å². The number of rotatable bonds is 17. The number of hydrogen-bond acceptors (Lipinski definition) is 6. The maximum Gasteiger partial charge on any atom is 0.309 e. The van der Waals surface area contributed by atoms with Crippen LogP contribution in [0.1, 0.15) is 185 Å². The second-order valence-electron chi connectivity index (χ2n) is 20.2. The summed E-state index contributed by atoms with van der Waals surface area (Å²) in [6, 6.07) is 2.39. The van der Waals surface area contributed by atoms with E-state index in [4.69, 9.17) is 5.73 Å². The van der Waals surface area contributed by atoms with Gasteiger partial charge >= 0.3 is 5.97 Å². The molecule has 12 atom stereocenters. The number of fused-ring (bicyclic) bond motifs is 1. The van der Waals surface area contributed by atoms with E-state index in [1.807, 2.05) is 6.08 Å². The van der Waals surface area contributed by atoms with E-state index >= 15 is 0 Å². The minimum Gasteiger partial charge on any atom is -0.481 e. The van der Waals surface area contributed by atoms with Crippen molar-refractivity contribution in [2.24, 2.45) is 53.1 Å². The minimum absolute atomic E-state index is 0.00344. The van der Waals surface area contributed by atoms with E-state index < -0.39 is 23.6 Å². The molecular formula is C50H81N3O5. The summed E-state index contributed by atoms with van der Waals surface area (Å²) in [5.74, 6) is 1.66. The Bertz CT molecular complexity index is 1530. The number of carbonyl (C=O) groups is 1. The van der Waals surface area contributed by atoms with Crippen LogP contribution in [0.15, 0.2) is 48.0 Å². The number of H-pyrrole nitrogens is 1. The molecule has 8 N–H and O–H groups in total. The average molecular weight is 804 g/mol. The molecule has 12 unspecified atom stereocenters. The molecule has 3 saturated carbocycles. The second kappa shape index (κ2) is 21.3. The first kappa shape index (κ1) is 45.0. The van der Waals surface area contributed by atoms with E-state index in [-0.39, 0.29) is 42.1 Å². The summed E-state index contributed by atoms with van der Waals surface area (Å²) in [5, 5.41) is 49.2. The molecule has 8 heteroatoms. The summed E-state index contributed by atoms with van der Waals surface area (Å²) in [6.45, 7) is 7.76. The first-order valence-electron chi connectivity index (χ1n) is 24.0. The predicted molar refractivity (Wildman–Crippen MR) is 235 cm³/mol. The largest absolute Gasteiger partial charge is 0.481 e. The Morgan fingerprint density at radius 1 is 0.948 bits per heavy atom. The van der Waals surface area contributed by atoms with Crippen LogP contribution >= 0.6 is 0 Å². The molecule has 0 saturated heterocycles. The molecule has 3 fully saturated rings. The van der Waals surface area contributed by atoms with Gasteiger partial charge < -0.3 is 36.5 Å². The number of dihydropyridines is 1. The Morgan fingerprint density at radius 3 is 2.47 bits per heavy atom. The van der Waals surface area contributed by atoms with Crippen LogP contribution in [0.4, 0.5) is 0 Å². The lowest BCUT2D eigenvalue weighted by Gasteiger charge is -2.39. The van der Waals surface area contributed by atoms with Crippen molar-refractivity contribution in [2.45, 2.75) is 192 Å². The third-order valence-corrected chi connectivity index (χ3v) is 16.0. The summed E-state index contributed by atoms with van der Waals surface area (Å²) in [5.41, 5.74) is 8.90. The predicted octanol–water partition coefficient (Wildman–Crippen LogP) is 10.2. The van der Waals surface area contributed by atoms with E-state index in [0.717, 1.165) is 63.7 Å². The molecule has 1 aromatic rings. The summed E-state index contributed by atoms with van der Waals surface area (Å²) >= 11 is 0. The monoisotopic (exact) mass is 804 g/mol. The molecule has 6 rings (SSSR count). The van der Waals surface area contributed by atoms with Gasteiger partial charge in [0.1, 0.15) is 0 Å². The van der Waals surface area contributed by atoms with Crippen molar-refractivity contribution in [3.05, 3.63) is 59.2 Å². The quantitative estimate of drug-likeness (QED) is 0.0612. The van der Waals surface area contributed by atoms with Gasteiger partial charge in [-0.2, -0.15) is 0 Å². The SMILES string of the molecule is CCCCCC1C=CC(CCCCC2CCC(c3cc(C(C)CC(C)C4CCCCC4)c[nH]3)C3CC(CC4=CCNC(N)=C4)CC3(O)CCC(O)C2C(=O)O)C(O)C1. The first-order chi connectivity index (χ1) is 27.9. The molecule has 0 bridgehead atoms. The van der Waals surface area contributed by atoms with Crippen molar-refractivity contribution >= 4 is 5.97 Å². The Morgan fingerprint density at radius 2 is 1.72 bits per heavy atom. The van der Waals surface area contributed by atoms with Gasteiger partial charge in [-0.3, -0.25) is 4.79 Å². The maximum absolute atomic E-state index is 13.0. The van der Waals surface area contributed by atoms with Crippen LogP contribution < -0.4 is 11.1 Å². The number of nitrogens with two attached hydrogens (primary N) is 1. The molecule has 5 aliphatic rings. The lowest BCUT2D eigenvalue weighted by Crippen LogP contribution is -2.42. The number of hydrogen-bond donors (Lipinski definition) is 7. The fourth-order valence-electron chi connectivity index (χ4n) is 12.6. The number of allylic oxidation sites excluding steroid dienone is 3. The molecule has 326 valence electrons. The third kappa shape index (κ3) is 11.8. The van der Waals surface area contributed by atoms with E-state index in [1.165, 1.54) is 74.6 Å². The molecule has 4 aliphatic carbocycles. The number of carboxylic acids is 1. The second-order valence-corrected chi connectivity index (χ2v) is 20.2. The van der Waals surface area contributed by atoms with Gasteiger partial charge in [0.2, 0.25) is 0 Å². The lowest BCUT2D eigenvalue weighted by atomic mass is 9.69. The molecule has 1 aromatic heterocycles. The summed E-state index contributed by atoms with van der Waals surface area (Å²) in [7, 11) is 0. The van der Waals surface area contributed by atoms with Crippen molar-refractivity contribution in [2.75, 3.05) is 6.54 Å². The summed E-state index contributed by atoms with van der Waals surface area (Å²) < 4.78 is 0. The number of aliphatic carboxylic acids is 1. The van der Waals surface area contributed by atoms with Gasteiger partial charge in [0.15, 0.2) is 0 Å². The maximum atomic E-state index is 13.0. The van der Waals surface area contributed by atoms with Gasteiger partial charge in [-0.05, 0) is 142 Å². The highest BCUT2D eigenvalue weighted by Gasteiger charge is 2.51. The molecule has 0 radical (unpaired) electrons. The molecule has 8 nitrogen and oxygen atoms in total. The summed E-state index contributed by atoms with van der Waals surface area (Å²) in [4.78, 5) is 16.8. The van der Waals surface area contributed by atoms with Crippen molar-refractivity contribution in [1.29, 1.82) is 0 Å². The zero-order valence-electron chi connectivity index (χ0n) is 36.4. The highest BCUT2D eigenvalue weighted by Crippen LogP contribution is 2.54. The van der Waals surface area contributed by atoms with Gasteiger partial charge in [0.05, 0.1) is 29.5 Å². The van der Waals surface area contributed by atoms with E-state index in [1.54, 1.807) is 0 Å². The molecule has 1 aliphatic heterocycles. The number of aromatic amines is 1. The van der Waals surface area contributed by atoms with Gasteiger partial charge in [-0.25, -0.2) is 0 Å². The molecule has 0 spiro atoms. The van der Waals surface area contributed by atoms with Crippen molar-refractivity contribution in [3.63, 3.8) is 0 Å². The Balaban J connectivity index is 1.18. The van der Waals surface area contributed by atoms with Gasteiger partial charge in [-0.15, -0.1) is 0 Å². The van der Waals surface area contributed by atoms with Crippen LogP contribution in [0.5, 0.6) is 0 Å². The smallest absolute Gasteiger partial charge is 0.309 e. The molecule has 0 aromatic carbocycles. The first-order valence-corrected chi connectivity index (χ1v) is 24.0.